The summed E-state index contributed by atoms with van der Waals surface area (Å²) in [6, 6.07) is 1.74. The summed E-state index contributed by atoms with van der Waals surface area (Å²) in [6.07, 6.45) is 0. The Morgan fingerprint density at radius 1 is 0.893 bits per heavy atom. The van der Waals surface area contributed by atoms with Gasteiger partial charge in [-0.1, -0.05) is 6.07 Å². The summed E-state index contributed by atoms with van der Waals surface area (Å²) in [5.74, 6) is -14.2. The molecule has 13 heteroatoms. The number of hydrogen-bond donors (Lipinski definition) is 1. The molecule has 2 aromatic rings. The minimum Gasteiger partial charge on any atom is -0.322 e. The van der Waals surface area contributed by atoms with E-state index in [1.807, 2.05) is 0 Å². The van der Waals surface area contributed by atoms with Crippen LogP contribution in [0.25, 0.3) is 0 Å². The second-order valence-corrected chi connectivity index (χ2v) is 7.27. The molecule has 0 bridgehead atoms. The molecule has 0 fully saturated rings. The third-order valence-electron chi connectivity index (χ3n) is 3.51. The van der Waals surface area contributed by atoms with Crippen molar-refractivity contribution in [3.8, 4) is 0 Å². The van der Waals surface area contributed by atoms with Gasteiger partial charge in [0.1, 0.15) is 5.56 Å². The highest BCUT2D eigenvalue weighted by Crippen LogP contribution is 2.32. The van der Waals surface area contributed by atoms with Gasteiger partial charge in [0.15, 0.2) is 23.3 Å². The fraction of sp³-hybridized carbons (Fsp3) is 0.133. The molecule has 0 atom stereocenters. The molecule has 1 amide bonds. The van der Waals surface area contributed by atoms with Gasteiger partial charge in [-0.05, 0) is 24.6 Å². The third kappa shape index (κ3) is 3.53. The van der Waals surface area contributed by atoms with Crippen LogP contribution in [0.2, 0.25) is 0 Å². The molecule has 0 aromatic heterocycles. The number of hydrogen-bond acceptors (Lipinski definition) is 3. The average molecular weight is 433 g/mol. The summed E-state index contributed by atoms with van der Waals surface area (Å²) < 4.78 is 127. The number of rotatable bonds is 3. The van der Waals surface area contributed by atoms with Crippen molar-refractivity contribution < 1.29 is 48.3 Å². The third-order valence-corrected chi connectivity index (χ3v) is 4.99. The zero-order valence-corrected chi connectivity index (χ0v) is 14.2. The van der Waals surface area contributed by atoms with E-state index in [-0.39, 0.29) is 5.56 Å². The van der Waals surface area contributed by atoms with Crippen molar-refractivity contribution in [2.45, 2.75) is 17.3 Å². The molecule has 0 aliphatic rings. The maximum Gasteiger partial charge on any atom is 0.501 e. The van der Waals surface area contributed by atoms with Gasteiger partial charge in [0.25, 0.3) is 15.7 Å². The van der Waals surface area contributed by atoms with Crippen molar-refractivity contribution in [2.24, 2.45) is 0 Å². The maximum atomic E-state index is 13.7. The van der Waals surface area contributed by atoms with Crippen molar-refractivity contribution >= 4 is 21.4 Å². The van der Waals surface area contributed by atoms with E-state index in [1.165, 1.54) is 6.92 Å². The number of sulfone groups is 1. The number of benzene rings is 2. The second-order valence-electron chi connectivity index (χ2n) is 5.32. The van der Waals surface area contributed by atoms with Crippen molar-refractivity contribution in [3.05, 3.63) is 58.4 Å². The lowest BCUT2D eigenvalue weighted by Gasteiger charge is -2.13. The average Bonchev–Trinajstić information content (AvgIpc) is 2.59. The molecular weight excluding hydrogens is 426 g/mol. The van der Waals surface area contributed by atoms with Crippen LogP contribution in [0.15, 0.2) is 23.1 Å². The molecule has 0 saturated carbocycles. The van der Waals surface area contributed by atoms with Gasteiger partial charge in [-0.3, -0.25) is 4.79 Å². The first-order valence-electron chi connectivity index (χ1n) is 6.95. The van der Waals surface area contributed by atoms with Crippen LogP contribution < -0.4 is 5.32 Å². The quantitative estimate of drug-likeness (QED) is 0.448. The van der Waals surface area contributed by atoms with Crippen LogP contribution in [0.3, 0.4) is 0 Å². The van der Waals surface area contributed by atoms with Crippen LogP contribution >= 0.6 is 0 Å². The molecule has 1 N–H and O–H groups in total. The summed E-state index contributed by atoms with van der Waals surface area (Å²) in [6.45, 7) is 1.18. The number of amides is 1. The highest BCUT2D eigenvalue weighted by molar-refractivity contribution is 7.92. The molecule has 0 spiro atoms. The molecule has 4 nitrogen and oxygen atoms in total. The predicted octanol–water partition coefficient (Wildman–Crippen LogP) is 4.24. The van der Waals surface area contributed by atoms with Crippen LogP contribution in [-0.4, -0.2) is 19.8 Å². The molecule has 0 radical (unpaired) electrons. The van der Waals surface area contributed by atoms with Gasteiger partial charge in [0.2, 0.25) is 5.82 Å². The van der Waals surface area contributed by atoms with Gasteiger partial charge < -0.3 is 5.32 Å². The van der Waals surface area contributed by atoms with Gasteiger partial charge in [0, 0.05) is 5.69 Å². The summed E-state index contributed by atoms with van der Waals surface area (Å²) >= 11 is 0. The van der Waals surface area contributed by atoms with Gasteiger partial charge >= 0.3 is 5.51 Å². The molecule has 0 aliphatic heterocycles. The summed E-state index contributed by atoms with van der Waals surface area (Å²) in [5.41, 5.74) is -8.28. The number of aryl methyl sites for hydroxylation is 1. The lowest BCUT2D eigenvalue weighted by Crippen LogP contribution is -2.24. The van der Waals surface area contributed by atoms with E-state index >= 15 is 0 Å². The number of carbonyl (C=O) groups is 1. The Kier molecular flexibility index (Phi) is 5.43. The second kappa shape index (κ2) is 7.04. The molecule has 0 heterocycles. The number of nitrogens with one attached hydrogen (secondary N) is 1. The Hall–Kier alpha value is -2.70. The van der Waals surface area contributed by atoms with E-state index in [2.05, 4.69) is 0 Å². The highest BCUT2D eigenvalue weighted by atomic mass is 32.2. The molecule has 2 aromatic carbocycles. The molecule has 0 aliphatic carbocycles. The van der Waals surface area contributed by atoms with Crippen molar-refractivity contribution in [1.82, 2.24) is 0 Å². The van der Waals surface area contributed by atoms with Gasteiger partial charge in [-0.25, -0.2) is 30.4 Å². The van der Waals surface area contributed by atoms with Crippen LogP contribution in [0.1, 0.15) is 15.9 Å². The van der Waals surface area contributed by atoms with E-state index < -0.39 is 66.5 Å². The van der Waals surface area contributed by atoms with Crippen molar-refractivity contribution in [3.63, 3.8) is 0 Å². The molecular formula is C15H7F8NO3S. The Morgan fingerprint density at radius 2 is 1.36 bits per heavy atom. The van der Waals surface area contributed by atoms with Gasteiger partial charge in [-0.15, -0.1) is 0 Å². The minimum atomic E-state index is -5.82. The van der Waals surface area contributed by atoms with E-state index in [0.29, 0.717) is 12.1 Å². The summed E-state index contributed by atoms with van der Waals surface area (Å²) in [7, 11) is -5.82. The normalized spacial score (nSPS) is 12.2. The monoisotopic (exact) mass is 433 g/mol. The van der Waals surface area contributed by atoms with Crippen LogP contribution in [0.5, 0.6) is 0 Å². The van der Waals surface area contributed by atoms with E-state index in [1.54, 1.807) is 5.32 Å². The zero-order chi connectivity index (χ0) is 21.6. The molecule has 28 heavy (non-hydrogen) atoms. The first kappa shape index (κ1) is 21.6. The van der Waals surface area contributed by atoms with E-state index in [4.69, 9.17) is 0 Å². The van der Waals surface area contributed by atoms with Crippen LogP contribution in [-0.2, 0) is 9.84 Å². The van der Waals surface area contributed by atoms with Gasteiger partial charge in [0.05, 0.1) is 4.90 Å². The molecule has 2 rings (SSSR count). The van der Waals surface area contributed by atoms with Crippen molar-refractivity contribution in [1.29, 1.82) is 0 Å². The smallest absolute Gasteiger partial charge is 0.322 e. The van der Waals surface area contributed by atoms with Crippen molar-refractivity contribution in [2.75, 3.05) is 5.32 Å². The molecule has 152 valence electrons. The highest BCUT2D eigenvalue weighted by Gasteiger charge is 2.47. The fourth-order valence-electron chi connectivity index (χ4n) is 2.03. The first-order valence-corrected chi connectivity index (χ1v) is 8.43. The maximum absolute atomic E-state index is 13.7. The fourth-order valence-corrected chi connectivity index (χ4v) is 2.81. The number of halogens is 8. The SMILES string of the molecule is Cc1ccc(S(=O)(=O)C(F)(F)F)cc1NC(=O)c1c(F)c(F)c(F)c(F)c1F. The minimum absolute atomic E-state index is 0.0571. The molecule has 0 unspecified atom stereocenters. The van der Waals surface area contributed by atoms with E-state index in [9.17, 15) is 48.3 Å². The number of alkyl halides is 3. The summed E-state index contributed by atoms with van der Waals surface area (Å²) in [5, 5.41) is 1.64. The first-order chi connectivity index (χ1) is 12.7. The lowest BCUT2D eigenvalue weighted by atomic mass is 10.1. The topological polar surface area (TPSA) is 63.2 Å². The zero-order valence-electron chi connectivity index (χ0n) is 13.4. The predicted molar refractivity (Wildman–Crippen MR) is 78.6 cm³/mol. The van der Waals surface area contributed by atoms with E-state index in [0.717, 1.165) is 6.07 Å². The van der Waals surface area contributed by atoms with Crippen LogP contribution in [0, 0.1) is 36.0 Å². The lowest BCUT2D eigenvalue weighted by molar-refractivity contribution is -0.0436. The molecule has 0 saturated heterocycles. The Balaban J connectivity index is 2.54. The number of anilines is 1. The Labute approximate surface area is 151 Å². The Morgan fingerprint density at radius 3 is 1.82 bits per heavy atom. The Bertz CT molecular complexity index is 1050. The summed E-state index contributed by atoms with van der Waals surface area (Å²) in [4.78, 5) is 10.7. The standard InChI is InChI=1S/C15H7F8NO3S/c1-5-2-3-6(28(26,27)15(21,22)23)4-7(5)24-14(25)8-9(16)11(18)13(20)12(19)10(8)17/h2-4H,1H3,(H,24,25). The van der Waals surface area contributed by atoms with Gasteiger partial charge in [-0.2, -0.15) is 13.2 Å². The van der Waals surface area contributed by atoms with Crippen LogP contribution in [0.4, 0.5) is 40.8 Å². The largest absolute Gasteiger partial charge is 0.501 e. The number of carbonyl (C=O) groups excluding carboxylic acids is 1.